The SMILES string of the molecule is CC(C)(C)OC(=O)[C@H](CO)CCCNC(=O)OCc1ccccc1. The largest absolute Gasteiger partial charge is 0.460 e. The van der Waals surface area contributed by atoms with Crippen LogP contribution in [0.3, 0.4) is 0 Å². The molecule has 0 spiro atoms. The lowest BCUT2D eigenvalue weighted by Crippen LogP contribution is -2.31. The van der Waals surface area contributed by atoms with Crippen LogP contribution in [0.5, 0.6) is 0 Å². The molecule has 0 radical (unpaired) electrons. The third-order valence-electron chi connectivity index (χ3n) is 3.17. The molecule has 0 aliphatic rings. The van der Waals surface area contributed by atoms with Crippen molar-refractivity contribution >= 4 is 12.1 Å². The Bertz CT molecular complexity index is 510. The summed E-state index contributed by atoms with van der Waals surface area (Å²) in [7, 11) is 0. The fourth-order valence-electron chi connectivity index (χ4n) is 1.98. The zero-order chi connectivity index (χ0) is 18.0. The van der Waals surface area contributed by atoms with Crippen LogP contribution in [0.15, 0.2) is 30.3 Å². The maximum absolute atomic E-state index is 11.9. The smallest absolute Gasteiger partial charge is 0.407 e. The normalized spacial score (nSPS) is 12.3. The second kappa shape index (κ2) is 9.93. The summed E-state index contributed by atoms with van der Waals surface area (Å²) in [5.41, 5.74) is 0.335. The molecule has 1 aromatic rings. The number of benzene rings is 1. The molecular formula is C18H27NO5. The molecule has 1 rings (SSSR count). The summed E-state index contributed by atoms with van der Waals surface area (Å²) in [4.78, 5) is 23.5. The molecule has 6 heteroatoms. The topological polar surface area (TPSA) is 84.9 Å². The summed E-state index contributed by atoms with van der Waals surface area (Å²) >= 11 is 0. The van der Waals surface area contributed by atoms with Gasteiger partial charge in [0.05, 0.1) is 12.5 Å². The van der Waals surface area contributed by atoms with Crippen molar-refractivity contribution in [2.45, 2.75) is 45.8 Å². The van der Waals surface area contributed by atoms with Crippen LogP contribution in [0.25, 0.3) is 0 Å². The van der Waals surface area contributed by atoms with Gasteiger partial charge in [-0.2, -0.15) is 0 Å². The fourth-order valence-corrected chi connectivity index (χ4v) is 1.98. The predicted molar refractivity (Wildman–Crippen MR) is 90.3 cm³/mol. The second-order valence-corrected chi connectivity index (χ2v) is 6.54. The Hall–Kier alpha value is -2.08. The first-order chi connectivity index (χ1) is 11.3. The van der Waals surface area contributed by atoms with Crippen LogP contribution in [0, 0.1) is 5.92 Å². The molecule has 1 atom stereocenters. The molecule has 0 heterocycles. The maximum Gasteiger partial charge on any atom is 0.407 e. The van der Waals surface area contributed by atoms with Gasteiger partial charge in [-0.05, 0) is 39.2 Å². The molecule has 0 saturated carbocycles. The van der Waals surface area contributed by atoms with Gasteiger partial charge in [0.25, 0.3) is 0 Å². The average Bonchev–Trinajstić information content (AvgIpc) is 2.52. The molecule has 0 saturated heterocycles. The molecular weight excluding hydrogens is 310 g/mol. The average molecular weight is 337 g/mol. The third-order valence-corrected chi connectivity index (χ3v) is 3.17. The molecule has 0 fully saturated rings. The molecule has 1 aromatic carbocycles. The van der Waals surface area contributed by atoms with Gasteiger partial charge in [-0.3, -0.25) is 4.79 Å². The second-order valence-electron chi connectivity index (χ2n) is 6.54. The van der Waals surface area contributed by atoms with Gasteiger partial charge in [-0.15, -0.1) is 0 Å². The van der Waals surface area contributed by atoms with Gasteiger partial charge in [0, 0.05) is 6.54 Å². The van der Waals surface area contributed by atoms with Gasteiger partial charge in [0.1, 0.15) is 12.2 Å². The van der Waals surface area contributed by atoms with Crippen molar-refractivity contribution in [1.29, 1.82) is 0 Å². The van der Waals surface area contributed by atoms with Crippen LogP contribution < -0.4 is 5.32 Å². The summed E-state index contributed by atoms with van der Waals surface area (Å²) in [6.07, 6.45) is 0.478. The highest BCUT2D eigenvalue weighted by Gasteiger charge is 2.24. The minimum atomic E-state index is -0.579. The minimum Gasteiger partial charge on any atom is -0.460 e. The van der Waals surface area contributed by atoms with Gasteiger partial charge >= 0.3 is 12.1 Å². The van der Waals surface area contributed by atoms with E-state index in [-0.39, 0.29) is 13.2 Å². The van der Waals surface area contributed by atoms with Crippen LogP contribution in [0.1, 0.15) is 39.2 Å². The number of aliphatic hydroxyl groups is 1. The van der Waals surface area contributed by atoms with E-state index in [1.165, 1.54) is 0 Å². The van der Waals surface area contributed by atoms with E-state index in [2.05, 4.69) is 5.32 Å². The molecule has 6 nitrogen and oxygen atoms in total. The first kappa shape index (κ1) is 20.0. The number of alkyl carbamates (subject to hydrolysis) is 1. The van der Waals surface area contributed by atoms with Gasteiger partial charge in [0.15, 0.2) is 0 Å². The highest BCUT2D eigenvalue weighted by molar-refractivity contribution is 5.73. The number of amides is 1. The number of carbonyl (C=O) groups is 2. The summed E-state index contributed by atoms with van der Waals surface area (Å²) in [5, 5.41) is 11.9. The summed E-state index contributed by atoms with van der Waals surface area (Å²) in [6, 6.07) is 9.40. The number of carbonyl (C=O) groups excluding carboxylic acids is 2. The van der Waals surface area contributed by atoms with Gasteiger partial charge in [0.2, 0.25) is 0 Å². The monoisotopic (exact) mass is 337 g/mol. The van der Waals surface area contributed by atoms with Crippen LogP contribution in [-0.2, 0) is 20.9 Å². The molecule has 0 aromatic heterocycles. The van der Waals surface area contributed by atoms with Crippen LogP contribution >= 0.6 is 0 Å². The van der Waals surface area contributed by atoms with Crippen molar-refractivity contribution in [3.63, 3.8) is 0 Å². The van der Waals surface area contributed by atoms with Crippen molar-refractivity contribution in [2.24, 2.45) is 5.92 Å². The zero-order valence-corrected chi connectivity index (χ0v) is 14.6. The highest BCUT2D eigenvalue weighted by atomic mass is 16.6. The van der Waals surface area contributed by atoms with Gasteiger partial charge in [-0.25, -0.2) is 4.79 Å². The maximum atomic E-state index is 11.9. The first-order valence-corrected chi connectivity index (χ1v) is 8.10. The van der Waals surface area contributed by atoms with E-state index >= 15 is 0 Å². The summed E-state index contributed by atoms with van der Waals surface area (Å²) in [6.45, 7) is 5.65. The van der Waals surface area contributed by atoms with Crippen molar-refractivity contribution < 1.29 is 24.2 Å². The lowest BCUT2D eigenvalue weighted by molar-refractivity contribution is -0.161. The fraction of sp³-hybridized carbons (Fsp3) is 0.556. The Morgan fingerprint density at radius 2 is 1.88 bits per heavy atom. The van der Waals surface area contributed by atoms with E-state index in [9.17, 15) is 14.7 Å². The first-order valence-electron chi connectivity index (χ1n) is 8.10. The van der Waals surface area contributed by atoms with E-state index in [0.29, 0.717) is 19.4 Å². The van der Waals surface area contributed by atoms with Crippen molar-refractivity contribution in [3.8, 4) is 0 Å². The van der Waals surface area contributed by atoms with E-state index in [1.807, 2.05) is 30.3 Å². The predicted octanol–water partition coefficient (Wildman–Crippen LogP) is 2.64. The number of esters is 1. The quantitative estimate of drug-likeness (QED) is 0.563. The van der Waals surface area contributed by atoms with Crippen LogP contribution in [0.4, 0.5) is 4.79 Å². The Morgan fingerprint density at radius 3 is 2.46 bits per heavy atom. The Balaban J connectivity index is 2.21. The lowest BCUT2D eigenvalue weighted by Gasteiger charge is -2.23. The Labute approximate surface area is 143 Å². The number of hydrogen-bond donors (Lipinski definition) is 2. The number of rotatable bonds is 8. The highest BCUT2D eigenvalue weighted by Crippen LogP contribution is 2.14. The molecule has 24 heavy (non-hydrogen) atoms. The van der Waals surface area contributed by atoms with Crippen molar-refractivity contribution in [2.75, 3.05) is 13.2 Å². The Kier molecular flexibility index (Phi) is 8.26. The third kappa shape index (κ3) is 8.53. The molecule has 2 N–H and O–H groups in total. The zero-order valence-electron chi connectivity index (χ0n) is 14.6. The minimum absolute atomic E-state index is 0.212. The molecule has 1 amide bonds. The molecule has 0 unspecified atom stereocenters. The number of nitrogens with one attached hydrogen (secondary N) is 1. The Morgan fingerprint density at radius 1 is 1.21 bits per heavy atom. The summed E-state index contributed by atoms with van der Waals surface area (Å²) < 4.78 is 10.3. The lowest BCUT2D eigenvalue weighted by atomic mass is 10.0. The van der Waals surface area contributed by atoms with Crippen molar-refractivity contribution in [1.82, 2.24) is 5.32 Å². The van der Waals surface area contributed by atoms with Gasteiger partial charge in [-0.1, -0.05) is 30.3 Å². The van der Waals surface area contributed by atoms with Crippen molar-refractivity contribution in [3.05, 3.63) is 35.9 Å². The van der Waals surface area contributed by atoms with E-state index in [0.717, 1.165) is 5.56 Å². The molecule has 134 valence electrons. The van der Waals surface area contributed by atoms with Crippen LogP contribution in [-0.4, -0.2) is 35.9 Å². The standard InChI is InChI=1S/C18H27NO5/c1-18(2,3)24-16(21)15(12-20)10-7-11-19-17(22)23-13-14-8-5-4-6-9-14/h4-6,8-9,15,20H,7,10-13H2,1-3H3,(H,19,22)/t15-/m0/s1. The van der Waals surface area contributed by atoms with Crippen LogP contribution in [0.2, 0.25) is 0 Å². The van der Waals surface area contributed by atoms with Gasteiger partial charge < -0.3 is 19.9 Å². The number of aliphatic hydroxyl groups excluding tert-OH is 1. The van der Waals surface area contributed by atoms with E-state index in [4.69, 9.17) is 9.47 Å². The molecule has 0 aliphatic heterocycles. The summed E-state index contributed by atoms with van der Waals surface area (Å²) in [5.74, 6) is -0.997. The number of hydrogen-bond acceptors (Lipinski definition) is 5. The molecule has 0 aliphatic carbocycles. The molecule has 0 bridgehead atoms. The van der Waals surface area contributed by atoms with E-state index < -0.39 is 23.6 Å². The van der Waals surface area contributed by atoms with E-state index in [1.54, 1.807) is 20.8 Å². The number of ether oxygens (including phenoxy) is 2.